The van der Waals surface area contributed by atoms with Crippen LogP contribution in [-0.2, 0) is 0 Å². The van der Waals surface area contributed by atoms with Crippen LogP contribution in [0.1, 0.15) is 71.6 Å². The second-order valence-electron chi connectivity index (χ2n) is 10.0. The molecule has 3 nitrogen and oxygen atoms in total. The van der Waals surface area contributed by atoms with Gasteiger partial charge in [-0.1, -0.05) is 13.8 Å². The van der Waals surface area contributed by atoms with Crippen LogP contribution in [0.25, 0.3) is 0 Å². The van der Waals surface area contributed by atoms with Gasteiger partial charge in [0.2, 0.25) is 0 Å². The molecule has 4 aliphatic rings. The van der Waals surface area contributed by atoms with Crippen molar-refractivity contribution >= 4 is 0 Å². The van der Waals surface area contributed by atoms with Gasteiger partial charge in [0.05, 0.1) is 6.10 Å². The summed E-state index contributed by atoms with van der Waals surface area (Å²) in [6.45, 7) is 6.89. The standard InChI is InChI=1S/C21H38N2O/c1-20-9-7-15(24)13-14(20)3-4-16-17-5-6-19(23-12-11-22)21(17,2)10-8-18(16)20/h14-19,23-24H,3-13,22H2,1-2H3/t14-,15-,16-,17+,18-,19-,20-,21+/m0/s1. The van der Waals surface area contributed by atoms with Crippen molar-refractivity contribution in [1.29, 1.82) is 0 Å². The zero-order valence-corrected chi connectivity index (χ0v) is 15.8. The fourth-order valence-electron chi connectivity index (χ4n) is 7.83. The second-order valence-corrected chi connectivity index (χ2v) is 10.0. The average Bonchev–Trinajstić information content (AvgIpc) is 2.90. The molecule has 0 aromatic rings. The Morgan fingerprint density at radius 2 is 1.71 bits per heavy atom. The van der Waals surface area contributed by atoms with E-state index in [2.05, 4.69) is 19.2 Å². The third-order valence-electron chi connectivity index (χ3n) is 9.17. The highest BCUT2D eigenvalue weighted by molar-refractivity contribution is 5.10. The van der Waals surface area contributed by atoms with E-state index in [0.717, 1.165) is 49.6 Å². The molecule has 0 radical (unpaired) electrons. The first-order valence-corrected chi connectivity index (χ1v) is 10.6. The van der Waals surface area contributed by atoms with Crippen LogP contribution in [0.15, 0.2) is 0 Å². The van der Waals surface area contributed by atoms with Crippen LogP contribution in [0.3, 0.4) is 0 Å². The van der Waals surface area contributed by atoms with Crippen molar-refractivity contribution in [3.63, 3.8) is 0 Å². The van der Waals surface area contributed by atoms with Crippen molar-refractivity contribution in [1.82, 2.24) is 5.32 Å². The maximum atomic E-state index is 10.1. The van der Waals surface area contributed by atoms with Gasteiger partial charge in [-0.05, 0) is 92.3 Å². The van der Waals surface area contributed by atoms with Gasteiger partial charge in [-0.15, -0.1) is 0 Å². The van der Waals surface area contributed by atoms with Crippen LogP contribution >= 0.6 is 0 Å². The maximum absolute atomic E-state index is 10.1. The Labute approximate surface area is 148 Å². The Morgan fingerprint density at radius 1 is 0.958 bits per heavy atom. The Balaban J connectivity index is 1.54. The average molecular weight is 335 g/mol. The molecule has 24 heavy (non-hydrogen) atoms. The number of nitrogens with one attached hydrogen (secondary N) is 1. The molecule has 8 atom stereocenters. The molecular weight excluding hydrogens is 296 g/mol. The number of hydrogen-bond acceptors (Lipinski definition) is 3. The summed E-state index contributed by atoms with van der Waals surface area (Å²) < 4.78 is 0. The van der Waals surface area contributed by atoms with Crippen LogP contribution in [-0.4, -0.2) is 30.3 Å². The lowest BCUT2D eigenvalue weighted by Crippen LogP contribution is -2.56. The fourth-order valence-corrected chi connectivity index (χ4v) is 7.83. The second kappa shape index (κ2) is 6.25. The van der Waals surface area contributed by atoms with E-state index in [1.807, 2.05) is 0 Å². The highest BCUT2D eigenvalue weighted by Gasteiger charge is 2.59. The van der Waals surface area contributed by atoms with Crippen LogP contribution in [0.4, 0.5) is 0 Å². The summed E-state index contributed by atoms with van der Waals surface area (Å²) in [5.41, 5.74) is 6.74. The van der Waals surface area contributed by atoms with E-state index in [4.69, 9.17) is 5.73 Å². The molecule has 4 rings (SSSR count). The minimum absolute atomic E-state index is 0.0233. The lowest BCUT2D eigenvalue weighted by atomic mass is 9.45. The molecule has 0 aromatic carbocycles. The fraction of sp³-hybridized carbons (Fsp3) is 1.00. The smallest absolute Gasteiger partial charge is 0.0543 e. The van der Waals surface area contributed by atoms with E-state index in [-0.39, 0.29) is 6.10 Å². The van der Waals surface area contributed by atoms with Crippen molar-refractivity contribution in [2.75, 3.05) is 13.1 Å². The summed E-state index contributed by atoms with van der Waals surface area (Å²) in [6.07, 6.45) is 11.7. The lowest BCUT2D eigenvalue weighted by Gasteiger charge is -2.61. The molecule has 0 heterocycles. The molecule has 4 aliphatic carbocycles. The molecular formula is C21H38N2O. The normalized spacial score (nSPS) is 54.0. The van der Waals surface area contributed by atoms with Gasteiger partial charge >= 0.3 is 0 Å². The third-order valence-corrected chi connectivity index (χ3v) is 9.17. The van der Waals surface area contributed by atoms with Crippen LogP contribution < -0.4 is 11.1 Å². The molecule has 0 spiro atoms. The van der Waals surface area contributed by atoms with Crippen molar-refractivity contribution in [2.45, 2.75) is 83.8 Å². The van der Waals surface area contributed by atoms with Crippen molar-refractivity contribution in [2.24, 2.45) is 40.2 Å². The van der Waals surface area contributed by atoms with Gasteiger partial charge in [-0.3, -0.25) is 0 Å². The van der Waals surface area contributed by atoms with Crippen molar-refractivity contribution < 1.29 is 5.11 Å². The van der Waals surface area contributed by atoms with Crippen LogP contribution in [0.2, 0.25) is 0 Å². The van der Waals surface area contributed by atoms with Gasteiger partial charge in [-0.25, -0.2) is 0 Å². The molecule has 0 aliphatic heterocycles. The van der Waals surface area contributed by atoms with Gasteiger partial charge in [0, 0.05) is 19.1 Å². The number of aliphatic hydroxyl groups is 1. The zero-order valence-electron chi connectivity index (χ0n) is 15.8. The Kier molecular flexibility index (Phi) is 4.50. The molecule has 4 fully saturated rings. The highest BCUT2D eigenvalue weighted by Crippen LogP contribution is 2.66. The van der Waals surface area contributed by atoms with E-state index < -0.39 is 0 Å². The minimum Gasteiger partial charge on any atom is -0.393 e. The number of aliphatic hydroxyl groups excluding tert-OH is 1. The quantitative estimate of drug-likeness (QED) is 0.742. The molecule has 0 saturated heterocycles. The number of nitrogens with two attached hydrogens (primary N) is 1. The molecule has 4 saturated carbocycles. The first-order valence-electron chi connectivity index (χ1n) is 10.6. The molecule has 0 aromatic heterocycles. The summed E-state index contributed by atoms with van der Waals surface area (Å²) in [7, 11) is 0. The predicted molar refractivity (Wildman–Crippen MR) is 98.6 cm³/mol. The molecule has 0 unspecified atom stereocenters. The summed E-state index contributed by atoms with van der Waals surface area (Å²) in [5.74, 6) is 3.54. The Morgan fingerprint density at radius 3 is 2.50 bits per heavy atom. The van der Waals surface area contributed by atoms with Crippen LogP contribution in [0, 0.1) is 34.5 Å². The Hall–Kier alpha value is -0.120. The van der Waals surface area contributed by atoms with E-state index in [9.17, 15) is 5.11 Å². The monoisotopic (exact) mass is 334 g/mol. The summed E-state index contributed by atoms with van der Waals surface area (Å²) in [5, 5.41) is 13.9. The third kappa shape index (κ3) is 2.49. The Bertz CT molecular complexity index is 469. The van der Waals surface area contributed by atoms with E-state index in [0.29, 0.717) is 16.9 Å². The molecule has 138 valence electrons. The van der Waals surface area contributed by atoms with Gasteiger partial charge in [0.1, 0.15) is 0 Å². The van der Waals surface area contributed by atoms with E-state index in [1.165, 1.54) is 44.9 Å². The highest BCUT2D eigenvalue weighted by atomic mass is 16.3. The first kappa shape index (κ1) is 17.3. The van der Waals surface area contributed by atoms with Gasteiger partial charge < -0.3 is 16.2 Å². The largest absolute Gasteiger partial charge is 0.393 e. The van der Waals surface area contributed by atoms with Gasteiger partial charge in [-0.2, -0.15) is 0 Å². The summed E-state index contributed by atoms with van der Waals surface area (Å²) in [4.78, 5) is 0. The molecule has 3 heteroatoms. The first-order chi connectivity index (χ1) is 11.5. The van der Waals surface area contributed by atoms with E-state index >= 15 is 0 Å². The minimum atomic E-state index is -0.0233. The van der Waals surface area contributed by atoms with Crippen LogP contribution in [0.5, 0.6) is 0 Å². The number of fused-ring (bicyclic) bond motifs is 5. The maximum Gasteiger partial charge on any atom is 0.0543 e. The van der Waals surface area contributed by atoms with Gasteiger partial charge in [0.15, 0.2) is 0 Å². The molecule has 4 N–H and O–H groups in total. The summed E-state index contributed by atoms with van der Waals surface area (Å²) in [6, 6.07) is 0.686. The van der Waals surface area contributed by atoms with Gasteiger partial charge in [0.25, 0.3) is 0 Å². The number of hydrogen-bond donors (Lipinski definition) is 3. The lowest BCUT2D eigenvalue weighted by molar-refractivity contribution is -0.123. The van der Waals surface area contributed by atoms with Crippen molar-refractivity contribution in [3.05, 3.63) is 0 Å². The van der Waals surface area contributed by atoms with Crippen molar-refractivity contribution in [3.8, 4) is 0 Å². The SMILES string of the molecule is C[C@@]12CC[C@H]3[C@@H](CC[C@H]4C[C@@H](O)CC[C@@]43C)[C@H]1CC[C@@H]2NCCN. The summed E-state index contributed by atoms with van der Waals surface area (Å²) >= 11 is 0. The number of rotatable bonds is 3. The molecule has 0 bridgehead atoms. The molecule has 0 amide bonds. The van der Waals surface area contributed by atoms with E-state index in [1.54, 1.807) is 0 Å². The topological polar surface area (TPSA) is 58.3 Å². The zero-order chi connectivity index (χ0) is 16.9. The predicted octanol–water partition coefficient (Wildman–Crippen LogP) is 3.31.